The van der Waals surface area contributed by atoms with E-state index < -0.39 is 0 Å². The van der Waals surface area contributed by atoms with E-state index in [1.54, 1.807) is 11.8 Å². The minimum absolute atomic E-state index is 0.130. The lowest BCUT2D eigenvalue weighted by molar-refractivity contribution is -0.120. The average Bonchev–Trinajstić information content (AvgIpc) is 2.84. The van der Waals surface area contributed by atoms with E-state index in [9.17, 15) is 4.79 Å². The highest BCUT2D eigenvalue weighted by Gasteiger charge is 2.22. The van der Waals surface area contributed by atoms with Crippen LogP contribution in [0.4, 0.5) is 0 Å². The van der Waals surface area contributed by atoms with Gasteiger partial charge in [0, 0.05) is 0 Å². The molecule has 1 N–H and O–H groups in total. The third kappa shape index (κ3) is 3.01. The van der Waals surface area contributed by atoms with Crippen LogP contribution in [0.25, 0.3) is 0 Å². The molecule has 15 heavy (non-hydrogen) atoms. The largest absolute Gasteiger partial charge is 0.452 e. The highest BCUT2D eigenvalue weighted by Crippen LogP contribution is 2.26. The van der Waals surface area contributed by atoms with Crippen LogP contribution in [0.1, 0.15) is 18.6 Å². The molecule has 3 nitrogen and oxygen atoms in total. The van der Waals surface area contributed by atoms with E-state index >= 15 is 0 Å². The summed E-state index contributed by atoms with van der Waals surface area (Å²) >= 11 is 4.96. The monoisotopic (exact) mass is 289 g/mol. The number of amides is 1. The van der Waals surface area contributed by atoms with Gasteiger partial charge in [0.05, 0.1) is 11.8 Å². The normalized spacial score (nSPS) is 20.5. The lowest BCUT2D eigenvalue weighted by Crippen LogP contribution is -2.30. The first-order chi connectivity index (χ1) is 7.25. The van der Waals surface area contributed by atoms with Gasteiger partial charge < -0.3 is 9.73 Å². The van der Waals surface area contributed by atoms with Gasteiger partial charge in [-0.1, -0.05) is 0 Å². The molecule has 1 aliphatic heterocycles. The molecule has 1 aromatic rings. The van der Waals surface area contributed by atoms with Crippen molar-refractivity contribution in [2.75, 3.05) is 5.75 Å². The summed E-state index contributed by atoms with van der Waals surface area (Å²) in [6.45, 7) is 0.474. The van der Waals surface area contributed by atoms with Gasteiger partial charge in [-0.2, -0.15) is 0 Å². The molecule has 1 aliphatic rings. The van der Waals surface area contributed by atoms with E-state index in [0.29, 0.717) is 11.2 Å². The molecule has 0 aromatic carbocycles. The van der Waals surface area contributed by atoms with Gasteiger partial charge in [0.1, 0.15) is 5.76 Å². The average molecular weight is 290 g/mol. The fourth-order valence-electron chi connectivity index (χ4n) is 1.52. The SMILES string of the molecule is O=C(NCc1ccc(Br)o1)C1CCCS1. The van der Waals surface area contributed by atoms with E-state index in [-0.39, 0.29) is 11.2 Å². The standard InChI is InChI=1S/C10H12BrNO2S/c11-9-4-3-7(14-9)6-12-10(13)8-2-1-5-15-8/h3-4,8H,1-2,5-6H2,(H,12,13). The molecular formula is C10H12BrNO2S. The number of nitrogens with one attached hydrogen (secondary N) is 1. The molecule has 5 heteroatoms. The van der Waals surface area contributed by atoms with Gasteiger partial charge in [-0.05, 0) is 46.7 Å². The van der Waals surface area contributed by atoms with Crippen LogP contribution in [0, 0.1) is 0 Å². The van der Waals surface area contributed by atoms with Crippen molar-refractivity contribution in [2.45, 2.75) is 24.6 Å². The van der Waals surface area contributed by atoms with Crippen molar-refractivity contribution in [3.05, 3.63) is 22.6 Å². The summed E-state index contributed by atoms with van der Waals surface area (Å²) in [5.41, 5.74) is 0. The number of hydrogen-bond acceptors (Lipinski definition) is 3. The van der Waals surface area contributed by atoms with E-state index in [2.05, 4.69) is 21.2 Å². The Morgan fingerprint density at radius 3 is 3.13 bits per heavy atom. The number of carbonyl (C=O) groups excluding carboxylic acids is 1. The molecule has 0 aliphatic carbocycles. The fraction of sp³-hybridized carbons (Fsp3) is 0.500. The molecule has 82 valence electrons. The summed E-state index contributed by atoms with van der Waals surface area (Å²) in [5, 5.41) is 3.02. The van der Waals surface area contributed by atoms with Crippen LogP contribution in [-0.2, 0) is 11.3 Å². The molecule has 1 unspecified atom stereocenters. The van der Waals surface area contributed by atoms with Crippen molar-refractivity contribution >= 4 is 33.6 Å². The molecule has 0 bridgehead atoms. The quantitative estimate of drug-likeness (QED) is 0.930. The highest BCUT2D eigenvalue weighted by atomic mass is 79.9. The summed E-state index contributed by atoms with van der Waals surface area (Å²) in [4.78, 5) is 11.6. The molecule has 1 fully saturated rings. The lowest BCUT2D eigenvalue weighted by atomic mass is 10.2. The number of thioether (sulfide) groups is 1. The second kappa shape index (κ2) is 5.07. The zero-order chi connectivity index (χ0) is 10.7. The maximum absolute atomic E-state index is 11.6. The molecule has 1 amide bonds. The van der Waals surface area contributed by atoms with Crippen LogP contribution in [0.2, 0.25) is 0 Å². The van der Waals surface area contributed by atoms with E-state index in [4.69, 9.17) is 4.42 Å². The molecule has 2 rings (SSSR count). The Balaban J connectivity index is 1.80. The molecule has 0 radical (unpaired) electrons. The van der Waals surface area contributed by atoms with E-state index in [1.165, 1.54) is 0 Å². The smallest absolute Gasteiger partial charge is 0.233 e. The van der Waals surface area contributed by atoms with Gasteiger partial charge in [0.2, 0.25) is 5.91 Å². The van der Waals surface area contributed by atoms with Crippen LogP contribution in [0.5, 0.6) is 0 Å². The van der Waals surface area contributed by atoms with Crippen molar-refractivity contribution in [3.8, 4) is 0 Å². The van der Waals surface area contributed by atoms with Crippen LogP contribution in [0.15, 0.2) is 21.2 Å². The maximum Gasteiger partial charge on any atom is 0.233 e. The zero-order valence-electron chi connectivity index (χ0n) is 8.16. The predicted molar refractivity (Wildman–Crippen MR) is 63.7 cm³/mol. The Labute approximate surface area is 101 Å². The van der Waals surface area contributed by atoms with Gasteiger partial charge >= 0.3 is 0 Å². The Morgan fingerprint density at radius 2 is 2.53 bits per heavy atom. The Hall–Kier alpha value is -0.420. The summed E-state index contributed by atoms with van der Waals surface area (Å²) in [6, 6.07) is 3.68. The number of halogens is 1. The van der Waals surface area contributed by atoms with Crippen LogP contribution >= 0.6 is 27.7 Å². The number of furan rings is 1. The van der Waals surface area contributed by atoms with Gasteiger partial charge in [-0.15, -0.1) is 11.8 Å². The van der Waals surface area contributed by atoms with Crippen molar-refractivity contribution in [1.29, 1.82) is 0 Å². The molecule has 1 aromatic heterocycles. The maximum atomic E-state index is 11.6. The third-order valence-electron chi connectivity index (χ3n) is 2.29. The molecule has 0 spiro atoms. The topological polar surface area (TPSA) is 42.2 Å². The number of rotatable bonds is 3. The van der Waals surface area contributed by atoms with Gasteiger partial charge in [-0.3, -0.25) is 4.79 Å². The number of hydrogen-bond donors (Lipinski definition) is 1. The van der Waals surface area contributed by atoms with Gasteiger partial charge in [0.15, 0.2) is 4.67 Å². The summed E-state index contributed by atoms with van der Waals surface area (Å²) < 4.78 is 5.99. The van der Waals surface area contributed by atoms with E-state index in [0.717, 1.165) is 24.4 Å². The fourth-order valence-corrected chi connectivity index (χ4v) is 3.05. The molecule has 1 atom stereocenters. The Kier molecular flexibility index (Phi) is 3.75. The van der Waals surface area contributed by atoms with E-state index in [1.807, 2.05) is 12.1 Å². The predicted octanol–water partition coefficient (Wildman–Crippen LogP) is 2.55. The van der Waals surface area contributed by atoms with Crippen LogP contribution in [0.3, 0.4) is 0 Å². The van der Waals surface area contributed by atoms with Crippen LogP contribution < -0.4 is 5.32 Å². The van der Waals surface area contributed by atoms with Gasteiger partial charge in [0.25, 0.3) is 0 Å². The van der Waals surface area contributed by atoms with Gasteiger partial charge in [-0.25, -0.2) is 0 Å². The van der Waals surface area contributed by atoms with Crippen LogP contribution in [-0.4, -0.2) is 16.9 Å². The molecule has 1 saturated heterocycles. The Morgan fingerprint density at radius 1 is 1.67 bits per heavy atom. The lowest BCUT2D eigenvalue weighted by Gasteiger charge is -2.08. The molecule has 0 saturated carbocycles. The minimum Gasteiger partial charge on any atom is -0.452 e. The zero-order valence-corrected chi connectivity index (χ0v) is 10.6. The highest BCUT2D eigenvalue weighted by molar-refractivity contribution is 9.10. The minimum atomic E-state index is 0.130. The van der Waals surface area contributed by atoms with Crippen molar-refractivity contribution in [3.63, 3.8) is 0 Å². The van der Waals surface area contributed by atoms with Crippen molar-refractivity contribution in [2.24, 2.45) is 0 Å². The first-order valence-corrected chi connectivity index (χ1v) is 6.73. The third-order valence-corrected chi connectivity index (χ3v) is 4.09. The second-order valence-electron chi connectivity index (χ2n) is 3.43. The van der Waals surface area contributed by atoms with Crippen molar-refractivity contribution in [1.82, 2.24) is 5.32 Å². The number of carbonyl (C=O) groups is 1. The summed E-state index contributed by atoms with van der Waals surface area (Å²) in [7, 11) is 0. The molecular weight excluding hydrogens is 278 g/mol. The summed E-state index contributed by atoms with van der Waals surface area (Å²) in [6.07, 6.45) is 2.15. The first-order valence-electron chi connectivity index (χ1n) is 4.89. The summed E-state index contributed by atoms with van der Waals surface area (Å²) in [5.74, 6) is 2.01. The first kappa shape index (κ1) is 11.1. The molecule has 2 heterocycles. The second-order valence-corrected chi connectivity index (χ2v) is 5.52. The Bertz CT molecular complexity index is 347. The van der Waals surface area contributed by atoms with Crippen molar-refractivity contribution < 1.29 is 9.21 Å².